The van der Waals surface area contributed by atoms with E-state index in [2.05, 4.69) is 6.07 Å². The van der Waals surface area contributed by atoms with Gasteiger partial charge in [0.05, 0.1) is 11.6 Å². The van der Waals surface area contributed by atoms with E-state index in [0.29, 0.717) is 10.6 Å². The quantitative estimate of drug-likeness (QED) is 0.845. The van der Waals surface area contributed by atoms with Gasteiger partial charge in [-0.3, -0.25) is 0 Å². The molecule has 0 saturated carbocycles. The molecule has 0 unspecified atom stereocenters. The number of rotatable bonds is 3. The van der Waals surface area contributed by atoms with Crippen LogP contribution in [0.5, 0.6) is 0 Å². The van der Waals surface area contributed by atoms with Crippen LogP contribution in [0.2, 0.25) is 5.02 Å². The maximum absolute atomic E-state index is 9.27. The molecule has 19 heavy (non-hydrogen) atoms. The fourth-order valence-corrected chi connectivity index (χ4v) is 2.27. The highest BCUT2D eigenvalue weighted by atomic mass is 35.5. The van der Waals surface area contributed by atoms with E-state index in [1.807, 2.05) is 61.5 Å². The first-order chi connectivity index (χ1) is 9.11. The molecular weight excluding hydrogens is 256 g/mol. The van der Waals surface area contributed by atoms with Crippen molar-refractivity contribution in [1.29, 1.82) is 5.26 Å². The lowest BCUT2D eigenvalue weighted by Crippen LogP contribution is -2.11. The molecule has 0 aliphatic rings. The van der Waals surface area contributed by atoms with Crippen molar-refractivity contribution in [1.82, 2.24) is 4.90 Å². The minimum absolute atomic E-state index is 0.700. The summed E-state index contributed by atoms with van der Waals surface area (Å²) in [6.45, 7) is 0.756. The third kappa shape index (κ3) is 3.14. The van der Waals surface area contributed by atoms with Crippen molar-refractivity contribution in [3.05, 3.63) is 58.6 Å². The zero-order valence-electron chi connectivity index (χ0n) is 11.0. The summed E-state index contributed by atoms with van der Waals surface area (Å²) in [4.78, 5) is 2.05. The Hall–Kier alpha value is -1.82. The Morgan fingerprint density at radius 3 is 2.53 bits per heavy atom. The molecule has 0 amide bonds. The summed E-state index contributed by atoms with van der Waals surface area (Å²) in [5.74, 6) is 0. The summed E-state index contributed by atoms with van der Waals surface area (Å²) < 4.78 is 0. The number of nitriles is 1. The van der Waals surface area contributed by atoms with Crippen LogP contribution in [0.1, 0.15) is 11.1 Å². The molecule has 0 aliphatic heterocycles. The second-order valence-corrected chi connectivity index (χ2v) is 5.11. The Morgan fingerprint density at radius 1 is 1.16 bits per heavy atom. The molecule has 0 saturated heterocycles. The van der Waals surface area contributed by atoms with Crippen LogP contribution in [0.4, 0.5) is 0 Å². The van der Waals surface area contributed by atoms with Crippen LogP contribution < -0.4 is 0 Å². The molecular formula is C16H15ClN2. The minimum atomic E-state index is 0.700. The molecule has 2 nitrogen and oxygen atoms in total. The van der Waals surface area contributed by atoms with Gasteiger partial charge in [0.25, 0.3) is 0 Å². The molecule has 0 aliphatic carbocycles. The summed E-state index contributed by atoms with van der Waals surface area (Å²) in [6.07, 6.45) is 0. The van der Waals surface area contributed by atoms with Crippen LogP contribution in [0, 0.1) is 11.3 Å². The van der Waals surface area contributed by atoms with Crippen LogP contribution in [-0.2, 0) is 6.54 Å². The molecule has 2 aromatic rings. The average Bonchev–Trinajstić information content (AvgIpc) is 2.39. The fourth-order valence-electron chi connectivity index (χ4n) is 2.02. The van der Waals surface area contributed by atoms with Crippen LogP contribution in [-0.4, -0.2) is 19.0 Å². The molecule has 0 spiro atoms. The van der Waals surface area contributed by atoms with Crippen molar-refractivity contribution >= 4 is 11.6 Å². The SMILES string of the molecule is CN(C)Cc1ccc(-c2ccccc2Cl)cc1C#N. The zero-order valence-corrected chi connectivity index (χ0v) is 11.8. The predicted octanol–water partition coefficient (Wildman–Crippen LogP) is 3.94. The van der Waals surface area contributed by atoms with Crippen LogP contribution >= 0.6 is 11.6 Å². The predicted molar refractivity (Wildman–Crippen MR) is 79.0 cm³/mol. The number of hydrogen-bond donors (Lipinski definition) is 0. The highest BCUT2D eigenvalue weighted by molar-refractivity contribution is 6.33. The fraction of sp³-hybridized carbons (Fsp3) is 0.188. The molecule has 0 aromatic heterocycles. The standard InChI is InChI=1S/C16H15ClN2/c1-19(2)11-13-8-7-12(9-14(13)10-18)15-5-3-4-6-16(15)17/h3-9H,11H2,1-2H3. The Morgan fingerprint density at radius 2 is 1.89 bits per heavy atom. The van der Waals surface area contributed by atoms with Crippen molar-refractivity contribution in [2.45, 2.75) is 6.54 Å². The van der Waals surface area contributed by atoms with Gasteiger partial charge in [-0.2, -0.15) is 5.26 Å². The summed E-state index contributed by atoms with van der Waals surface area (Å²) in [5.41, 5.74) is 3.66. The highest BCUT2D eigenvalue weighted by Gasteiger charge is 2.08. The van der Waals surface area contributed by atoms with Crippen LogP contribution in [0.25, 0.3) is 11.1 Å². The molecule has 96 valence electrons. The van der Waals surface area contributed by atoms with Crippen molar-refractivity contribution < 1.29 is 0 Å². The van der Waals surface area contributed by atoms with Gasteiger partial charge in [0.1, 0.15) is 0 Å². The molecule has 0 radical (unpaired) electrons. The van der Waals surface area contributed by atoms with Gasteiger partial charge < -0.3 is 4.90 Å². The number of nitrogens with zero attached hydrogens (tertiary/aromatic N) is 2. The molecule has 3 heteroatoms. The number of hydrogen-bond acceptors (Lipinski definition) is 2. The Kier molecular flexibility index (Phi) is 4.21. The number of halogens is 1. The smallest absolute Gasteiger partial charge is 0.0995 e. The van der Waals surface area contributed by atoms with Crippen molar-refractivity contribution in [3.8, 4) is 17.2 Å². The molecule has 2 rings (SSSR count). The Labute approximate surface area is 118 Å². The first-order valence-electron chi connectivity index (χ1n) is 6.04. The van der Waals surface area contributed by atoms with Gasteiger partial charge in [-0.25, -0.2) is 0 Å². The van der Waals surface area contributed by atoms with E-state index in [0.717, 1.165) is 23.2 Å². The van der Waals surface area contributed by atoms with E-state index < -0.39 is 0 Å². The third-order valence-corrected chi connectivity index (χ3v) is 3.23. The van der Waals surface area contributed by atoms with Gasteiger partial charge in [0, 0.05) is 17.1 Å². The lowest BCUT2D eigenvalue weighted by Gasteiger charge is -2.12. The second kappa shape index (κ2) is 5.88. The van der Waals surface area contributed by atoms with E-state index in [4.69, 9.17) is 11.6 Å². The molecule has 0 bridgehead atoms. The first kappa shape index (κ1) is 13.6. The van der Waals surface area contributed by atoms with Gasteiger partial charge in [0.15, 0.2) is 0 Å². The van der Waals surface area contributed by atoms with Gasteiger partial charge in [-0.1, -0.05) is 41.9 Å². The zero-order chi connectivity index (χ0) is 13.8. The van der Waals surface area contributed by atoms with E-state index in [9.17, 15) is 5.26 Å². The lowest BCUT2D eigenvalue weighted by molar-refractivity contribution is 0.402. The highest BCUT2D eigenvalue weighted by Crippen LogP contribution is 2.29. The Balaban J connectivity index is 2.46. The summed E-state index contributed by atoms with van der Waals surface area (Å²) in [7, 11) is 3.98. The van der Waals surface area contributed by atoms with Crippen molar-refractivity contribution in [2.24, 2.45) is 0 Å². The molecule has 0 atom stereocenters. The molecule has 0 fully saturated rings. The van der Waals surface area contributed by atoms with Gasteiger partial charge in [-0.05, 0) is 37.4 Å². The van der Waals surface area contributed by atoms with Crippen molar-refractivity contribution in [2.75, 3.05) is 14.1 Å². The summed E-state index contributed by atoms with van der Waals surface area (Å²) in [5, 5.41) is 9.97. The maximum atomic E-state index is 9.27. The molecule has 0 N–H and O–H groups in total. The second-order valence-electron chi connectivity index (χ2n) is 4.70. The Bertz CT molecular complexity index is 627. The molecule has 2 aromatic carbocycles. The normalized spacial score (nSPS) is 10.5. The monoisotopic (exact) mass is 270 g/mol. The maximum Gasteiger partial charge on any atom is 0.0995 e. The molecule has 0 heterocycles. The number of benzene rings is 2. The third-order valence-electron chi connectivity index (χ3n) is 2.90. The van der Waals surface area contributed by atoms with Gasteiger partial charge in [0.2, 0.25) is 0 Å². The van der Waals surface area contributed by atoms with Gasteiger partial charge >= 0.3 is 0 Å². The average molecular weight is 271 g/mol. The first-order valence-corrected chi connectivity index (χ1v) is 6.42. The lowest BCUT2D eigenvalue weighted by atomic mass is 9.99. The summed E-state index contributed by atoms with van der Waals surface area (Å²) >= 11 is 6.19. The van der Waals surface area contributed by atoms with E-state index in [-0.39, 0.29) is 0 Å². The summed E-state index contributed by atoms with van der Waals surface area (Å²) in [6, 6.07) is 15.8. The minimum Gasteiger partial charge on any atom is -0.305 e. The van der Waals surface area contributed by atoms with Crippen molar-refractivity contribution in [3.63, 3.8) is 0 Å². The van der Waals surface area contributed by atoms with E-state index in [1.54, 1.807) is 0 Å². The van der Waals surface area contributed by atoms with Crippen LogP contribution in [0.3, 0.4) is 0 Å². The van der Waals surface area contributed by atoms with E-state index >= 15 is 0 Å². The van der Waals surface area contributed by atoms with Gasteiger partial charge in [-0.15, -0.1) is 0 Å². The van der Waals surface area contributed by atoms with Crippen LogP contribution in [0.15, 0.2) is 42.5 Å². The topological polar surface area (TPSA) is 27.0 Å². The largest absolute Gasteiger partial charge is 0.305 e. The van der Waals surface area contributed by atoms with E-state index in [1.165, 1.54) is 0 Å².